The minimum absolute atomic E-state index is 0.493. The van der Waals surface area contributed by atoms with Crippen LogP contribution in [0.5, 0.6) is 11.5 Å². The Morgan fingerprint density at radius 1 is 0.269 bits per heavy atom. The van der Waals surface area contributed by atoms with Crippen LogP contribution in [0.3, 0.4) is 0 Å². The second-order valence-corrected chi connectivity index (χ2v) is 22.4. The fraction of sp³-hybridized carbons (Fsp3) is 0.0400. The second kappa shape index (κ2) is 16.3. The lowest BCUT2D eigenvalue weighted by Crippen LogP contribution is -2.32. The molecule has 0 bridgehead atoms. The molecule has 12 aromatic rings. The number of ether oxygens (including phenoxy) is 1. The summed E-state index contributed by atoms with van der Waals surface area (Å²) in [4.78, 5) is 5.18. The molecule has 0 N–H and O–H groups in total. The average molecular weight is 1010 g/mol. The standard InChI is InChI=1S/C75H47NOS/c1-3-22-48(23-4-1)73(49-24-5-2-6-25-49)59-31-12-9-28-54(59)72-66(73)36-21-37-67(72)76(50-42-44-60-55(46-50)52-26-7-10-29-57(52)74(60)62-32-13-17-38-68(62)77-69-39-18-14-33-63(69)74)51-43-45-61-56(47-51)53-27-8-11-30-58(53)75(61)64-34-15-19-40-70(64)78-71-41-20-16-35-65(71)75/h1-47H. The highest BCUT2D eigenvalue weighted by Crippen LogP contribution is 2.66. The van der Waals surface area contributed by atoms with Gasteiger partial charge in [-0.3, -0.25) is 0 Å². The summed E-state index contributed by atoms with van der Waals surface area (Å²) in [6.45, 7) is 0. The zero-order valence-corrected chi connectivity index (χ0v) is 43.2. The minimum Gasteiger partial charge on any atom is -0.457 e. The van der Waals surface area contributed by atoms with E-state index >= 15 is 0 Å². The molecule has 2 nitrogen and oxygen atoms in total. The van der Waals surface area contributed by atoms with E-state index in [1.54, 1.807) is 0 Å². The Kier molecular flexibility index (Phi) is 9.15. The van der Waals surface area contributed by atoms with E-state index in [1.807, 2.05) is 11.8 Å². The molecule has 0 saturated carbocycles. The molecule has 3 aliphatic carbocycles. The van der Waals surface area contributed by atoms with Crippen LogP contribution in [0.1, 0.15) is 66.8 Å². The Morgan fingerprint density at radius 2 is 0.654 bits per heavy atom. The van der Waals surface area contributed by atoms with Crippen LogP contribution < -0.4 is 9.64 Å². The predicted molar refractivity (Wildman–Crippen MR) is 317 cm³/mol. The van der Waals surface area contributed by atoms with Gasteiger partial charge in [-0.1, -0.05) is 242 Å². The van der Waals surface area contributed by atoms with Gasteiger partial charge in [0.15, 0.2) is 0 Å². The van der Waals surface area contributed by atoms with Crippen LogP contribution >= 0.6 is 11.8 Å². The molecule has 0 atom stereocenters. The van der Waals surface area contributed by atoms with Crippen LogP contribution in [0.2, 0.25) is 0 Å². The molecule has 0 amide bonds. The van der Waals surface area contributed by atoms with Gasteiger partial charge in [0, 0.05) is 37.9 Å². The molecule has 0 radical (unpaired) electrons. The second-order valence-electron chi connectivity index (χ2n) is 21.3. The summed E-state index contributed by atoms with van der Waals surface area (Å²) in [5.74, 6) is 1.78. The van der Waals surface area contributed by atoms with Crippen LogP contribution in [0.25, 0.3) is 33.4 Å². The molecule has 2 aliphatic heterocycles. The molecule has 0 unspecified atom stereocenters. The maximum atomic E-state index is 6.76. The van der Waals surface area contributed by atoms with Crippen molar-refractivity contribution >= 4 is 28.8 Å². The van der Waals surface area contributed by atoms with Crippen molar-refractivity contribution in [3.63, 3.8) is 0 Å². The minimum atomic E-state index is -0.588. The third kappa shape index (κ3) is 5.53. The van der Waals surface area contributed by atoms with Crippen LogP contribution in [0, 0.1) is 0 Å². The van der Waals surface area contributed by atoms with E-state index in [0.29, 0.717) is 0 Å². The summed E-state index contributed by atoms with van der Waals surface area (Å²) in [6.07, 6.45) is 0. The summed E-state index contributed by atoms with van der Waals surface area (Å²) < 4.78 is 6.76. The SMILES string of the molecule is c1ccc(C2(c3ccccc3)c3ccccc3-c3c(N(c4ccc5c(c4)-c4ccccc4C54c5ccccc5Oc5ccccc54)c4ccc5c(c4)-c4ccccc4C54c5ccccc5Sc5ccccc54)cccc32)cc1. The first-order valence-electron chi connectivity index (χ1n) is 27.1. The molecule has 364 valence electrons. The van der Waals surface area contributed by atoms with Gasteiger partial charge >= 0.3 is 0 Å². The maximum absolute atomic E-state index is 6.76. The molecule has 2 spiro atoms. The highest BCUT2D eigenvalue weighted by Gasteiger charge is 2.53. The quantitative estimate of drug-likeness (QED) is 0.170. The molecule has 0 fully saturated rings. The third-order valence-electron chi connectivity index (χ3n) is 17.9. The van der Waals surface area contributed by atoms with E-state index in [2.05, 4.69) is 290 Å². The van der Waals surface area contributed by atoms with Crippen LogP contribution in [0.4, 0.5) is 17.1 Å². The van der Waals surface area contributed by atoms with Gasteiger partial charge in [-0.2, -0.15) is 0 Å². The number of anilines is 3. The van der Waals surface area contributed by atoms with Crippen molar-refractivity contribution in [2.45, 2.75) is 26.0 Å². The monoisotopic (exact) mass is 1010 g/mol. The van der Waals surface area contributed by atoms with Gasteiger partial charge < -0.3 is 9.64 Å². The van der Waals surface area contributed by atoms with E-state index in [0.717, 1.165) is 39.7 Å². The maximum Gasteiger partial charge on any atom is 0.132 e. The molecule has 5 aliphatic rings. The van der Waals surface area contributed by atoms with Crippen molar-refractivity contribution < 1.29 is 4.74 Å². The van der Waals surface area contributed by atoms with Gasteiger partial charge in [0.2, 0.25) is 0 Å². The largest absolute Gasteiger partial charge is 0.457 e. The van der Waals surface area contributed by atoms with Gasteiger partial charge in [-0.25, -0.2) is 0 Å². The highest BCUT2D eigenvalue weighted by atomic mass is 32.2. The van der Waals surface area contributed by atoms with E-state index in [-0.39, 0.29) is 0 Å². The summed E-state index contributed by atoms with van der Waals surface area (Å²) in [7, 11) is 0. The molecule has 12 aromatic carbocycles. The lowest BCUT2D eigenvalue weighted by molar-refractivity contribution is 0.436. The number of para-hydroxylation sites is 2. The average Bonchev–Trinajstić information content (AvgIpc) is 3.85. The first kappa shape index (κ1) is 43.8. The molecule has 0 aromatic heterocycles. The molecule has 0 saturated heterocycles. The first-order valence-corrected chi connectivity index (χ1v) is 27.9. The number of fused-ring (bicyclic) bond motifs is 21. The molecular formula is C75H47NOS. The van der Waals surface area contributed by atoms with Crippen LogP contribution in [-0.2, 0) is 16.2 Å². The Morgan fingerprint density at radius 3 is 1.18 bits per heavy atom. The number of hydrogen-bond acceptors (Lipinski definition) is 3. The van der Waals surface area contributed by atoms with Crippen molar-refractivity contribution in [2.75, 3.05) is 4.90 Å². The number of rotatable bonds is 5. The van der Waals surface area contributed by atoms with E-state index in [9.17, 15) is 0 Å². The van der Waals surface area contributed by atoms with E-state index in [1.165, 1.54) is 98.8 Å². The van der Waals surface area contributed by atoms with E-state index in [4.69, 9.17) is 4.74 Å². The topological polar surface area (TPSA) is 12.5 Å². The van der Waals surface area contributed by atoms with Gasteiger partial charge in [-0.05, 0) is 138 Å². The Bertz CT molecular complexity index is 4150. The Hall–Kier alpha value is -9.41. The zero-order chi connectivity index (χ0) is 51.2. The van der Waals surface area contributed by atoms with Gasteiger partial charge in [-0.15, -0.1) is 0 Å². The van der Waals surface area contributed by atoms with Crippen molar-refractivity contribution in [1.82, 2.24) is 0 Å². The predicted octanol–water partition coefficient (Wildman–Crippen LogP) is 18.8. The molecule has 3 heteroatoms. The van der Waals surface area contributed by atoms with Crippen molar-refractivity contribution in [2.24, 2.45) is 0 Å². The lowest BCUT2D eigenvalue weighted by atomic mass is 9.66. The highest BCUT2D eigenvalue weighted by molar-refractivity contribution is 7.99. The van der Waals surface area contributed by atoms with Crippen molar-refractivity contribution in [3.8, 4) is 44.9 Å². The molecule has 2 heterocycles. The number of hydrogen-bond donors (Lipinski definition) is 0. The Balaban J connectivity index is 0.965. The smallest absolute Gasteiger partial charge is 0.132 e. The van der Waals surface area contributed by atoms with Crippen LogP contribution in [-0.4, -0.2) is 0 Å². The molecule has 78 heavy (non-hydrogen) atoms. The lowest BCUT2D eigenvalue weighted by Gasteiger charge is -2.40. The normalized spacial score (nSPS) is 15.0. The Labute approximate surface area is 458 Å². The summed E-state index contributed by atoms with van der Waals surface area (Å²) in [6, 6.07) is 107. The summed E-state index contributed by atoms with van der Waals surface area (Å²) in [5, 5.41) is 0. The number of nitrogens with zero attached hydrogens (tertiary/aromatic N) is 1. The van der Waals surface area contributed by atoms with Gasteiger partial charge in [0.25, 0.3) is 0 Å². The molecular weight excluding hydrogens is 963 g/mol. The zero-order valence-electron chi connectivity index (χ0n) is 42.4. The van der Waals surface area contributed by atoms with E-state index < -0.39 is 16.2 Å². The van der Waals surface area contributed by atoms with Gasteiger partial charge in [0.05, 0.1) is 21.9 Å². The fourth-order valence-electron chi connectivity index (χ4n) is 15.1. The van der Waals surface area contributed by atoms with Gasteiger partial charge in [0.1, 0.15) is 11.5 Å². The van der Waals surface area contributed by atoms with Crippen molar-refractivity contribution in [3.05, 3.63) is 352 Å². The third-order valence-corrected chi connectivity index (χ3v) is 19.0. The first-order chi connectivity index (χ1) is 38.7. The van der Waals surface area contributed by atoms with Crippen LogP contribution in [0.15, 0.2) is 295 Å². The summed E-state index contributed by atoms with van der Waals surface area (Å²) >= 11 is 1.89. The fourth-order valence-corrected chi connectivity index (χ4v) is 16.3. The van der Waals surface area contributed by atoms with Crippen molar-refractivity contribution in [1.29, 1.82) is 0 Å². The molecule has 17 rings (SSSR count). The summed E-state index contributed by atoms with van der Waals surface area (Å²) in [5.41, 5.74) is 24.3. The number of benzene rings is 12.